The SMILES string of the molecule is O=C(OC[C@H]1CCCN1c1ccnc2ncnn12)c1ccc(F)cc1. The quantitative estimate of drug-likeness (QED) is 0.677. The number of nitrogens with zero attached hydrogens (tertiary/aromatic N) is 5. The zero-order valence-electron chi connectivity index (χ0n) is 13.4. The first-order valence-electron chi connectivity index (χ1n) is 8.06. The van der Waals surface area contributed by atoms with Crippen LogP contribution in [0.15, 0.2) is 42.9 Å². The van der Waals surface area contributed by atoms with Gasteiger partial charge in [0.1, 0.15) is 24.6 Å². The second-order valence-corrected chi connectivity index (χ2v) is 5.87. The van der Waals surface area contributed by atoms with Crippen molar-refractivity contribution in [2.75, 3.05) is 18.1 Å². The van der Waals surface area contributed by atoms with E-state index in [0.717, 1.165) is 25.2 Å². The number of benzene rings is 1. The lowest BCUT2D eigenvalue weighted by Crippen LogP contribution is -2.35. The molecule has 1 aliphatic rings. The molecular weight excluding hydrogens is 325 g/mol. The van der Waals surface area contributed by atoms with Crippen molar-refractivity contribution < 1.29 is 13.9 Å². The Morgan fingerprint density at radius 2 is 2.08 bits per heavy atom. The summed E-state index contributed by atoms with van der Waals surface area (Å²) < 4.78 is 20.1. The molecule has 0 amide bonds. The van der Waals surface area contributed by atoms with Gasteiger partial charge in [-0.15, -0.1) is 0 Å². The highest BCUT2D eigenvalue weighted by atomic mass is 19.1. The lowest BCUT2D eigenvalue weighted by molar-refractivity contribution is 0.0482. The molecule has 0 aliphatic carbocycles. The van der Waals surface area contributed by atoms with E-state index in [2.05, 4.69) is 20.0 Å². The van der Waals surface area contributed by atoms with E-state index in [9.17, 15) is 9.18 Å². The van der Waals surface area contributed by atoms with E-state index in [-0.39, 0.29) is 18.5 Å². The first kappa shape index (κ1) is 15.5. The third-order valence-corrected chi connectivity index (χ3v) is 4.32. The monoisotopic (exact) mass is 341 g/mol. The lowest BCUT2D eigenvalue weighted by Gasteiger charge is -2.26. The normalized spacial score (nSPS) is 17.2. The number of ether oxygens (including phenoxy) is 1. The fraction of sp³-hybridized carbons (Fsp3) is 0.294. The molecule has 4 rings (SSSR count). The molecule has 3 heterocycles. The Labute approximate surface area is 143 Å². The highest BCUT2D eigenvalue weighted by Crippen LogP contribution is 2.25. The van der Waals surface area contributed by atoms with Gasteiger partial charge in [0.2, 0.25) is 0 Å². The molecule has 0 saturated carbocycles. The molecule has 1 fully saturated rings. The van der Waals surface area contributed by atoms with Gasteiger partial charge < -0.3 is 9.64 Å². The summed E-state index contributed by atoms with van der Waals surface area (Å²) in [6.07, 6.45) is 5.07. The van der Waals surface area contributed by atoms with Crippen LogP contribution in [0, 0.1) is 5.82 Å². The number of rotatable bonds is 4. The Bertz CT molecular complexity index is 895. The zero-order chi connectivity index (χ0) is 17.2. The molecule has 1 aromatic carbocycles. The van der Waals surface area contributed by atoms with Crippen LogP contribution in [0.3, 0.4) is 0 Å². The molecule has 0 bridgehead atoms. The molecule has 1 aliphatic heterocycles. The average molecular weight is 341 g/mol. The van der Waals surface area contributed by atoms with Crippen molar-refractivity contribution in [3.05, 3.63) is 54.2 Å². The second kappa shape index (κ2) is 6.46. The van der Waals surface area contributed by atoms with Crippen molar-refractivity contribution in [2.45, 2.75) is 18.9 Å². The molecule has 0 unspecified atom stereocenters. The van der Waals surface area contributed by atoms with Gasteiger partial charge in [0.15, 0.2) is 0 Å². The number of anilines is 1. The van der Waals surface area contributed by atoms with Gasteiger partial charge in [-0.25, -0.2) is 14.2 Å². The molecule has 0 radical (unpaired) electrons. The summed E-state index contributed by atoms with van der Waals surface area (Å²) in [6.45, 7) is 1.10. The smallest absolute Gasteiger partial charge is 0.338 e. The van der Waals surface area contributed by atoms with Gasteiger partial charge in [0.25, 0.3) is 5.78 Å². The summed E-state index contributed by atoms with van der Waals surface area (Å²) in [5.74, 6) is 0.579. The lowest BCUT2D eigenvalue weighted by atomic mass is 10.2. The van der Waals surface area contributed by atoms with Crippen molar-refractivity contribution in [3.63, 3.8) is 0 Å². The average Bonchev–Trinajstić information content (AvgIpc) is 3.29. The predicted octanol–water partition coefficient (Wildman–Crippen LogP) is 2.09. The standard InChI is InChI=1S/C17H16FN5O2/c18-13-5-3-12(4-6-13)16(24)25-10-14-2-1-9-22(14)15-7-8-19-17-20-11-21-23(15)17/h3-8,11,14H,1-2,9-10H2/t14-/m1/s1. The zero-order valence-corrected chi connectivity index (χ0v) is 13.4. The molecule has 0 spiro atoms. The Morgan fingerprint density at radius 1 is 1.24 bits per heavy atom. The third kappa shape index (κ3) is 3.02. The van der Waals surface area contributed by atoms with Crippen LogP contribution in [-0.4, -0.2) is 44.7 Å². The number of hydrogen-bond donors (Lipinski definition) is 0. The summed E-state index contributed by atoms with van der Waals surface area (Å²) in [7, 11) is 0. The van der Waals surface area contributed by atoms with Crippen molar-refractivity contribution in [2.24, 2.45) is 0 Å². The van der Waals surface area contributed by atoms with E-state index in [1.807, 2.05) is 6.07 Å². The van der Waals surface area contributed by atoms with E-state index in [4.69, 9.17) is 4.74 Å². The summed E-state index contributed by atoms with van der Waals surface area (Å²) in [6, 6.07) is 7.27. The minimum atomic E-state index is -0.451. The molecule has 3 aromatic rings. The fourth-order valence-corrected chi connectivity index (χ4v) is 3.10. The Hall–Kier alpha value is -3.03. The minimum Gasteiger partial charge on any atom is -0.460 e. The fourth-order valence-electron chi connectivity index (χ4n) is 3.10. The molecule has 1 atom stereocenters. The maximum absolute atomic E-state index is 12.9. The summed E-state index contributed by atoms with van der Waals surface area (Å²) >= 11 is 0. The summed E-state index contributed by atoms with van der Waals surface area (Å²) in [5, 5.41) is 4.21. The van der Waals surface area contributed by atoms with Crippen LogP contribution >= 0.6 is 0 Å². The van der Waals surface area contributed by atoms with Gasteiger partial charge in [0.05, 0.1) is 11.6 Å². The van der Waals surface area contributed by atoms with Crippen LogP contribution in [0.25, 0.3) is 5.78 Å². The number of carbonyl (C=O) groups excluding carboxylic acids is 1. The Balaban J connectivity index is 1.48. The van der Waals surface area contributed by atoms with Gasteiger partial charge in [-0.2, -0.15) is 14.6 Å². The number of halogens is 1. The molecule has 128 valence electrons. The molecule has 0 N–H and O–H groups in total. The third-order valence-electron chi connectivity index (χ3n) is 4.32. The predicted molar refractivity (Wildman–Crippen MR) is 87.8 cm³/mol. The van der Waals surface area contributed by atoms with Crippen LogP contribution in [0.2, 0.25) is 0 Å². The maximum Gasteiger partial charge on any atom is 0.338 e. The van der Waals surface area contributed by atoms with E-state index >= 15 is 0 Å². The molecule has 8 heteroatoms. The van der Waals surface area contributed by atoms with Gasteiger partial charge in [-0.3, -0.25) is 0 Å². The van der Waals surface area contributed by atoms with Crippen molar-refractivity contribution in [1.29, 1.82) is 0 Å². The molecule has 25 heavy (non-hydrogen) atoms. The van der Waals surface area contributed by atoms with Crippen LogP contribution in [0.5, 0.6) is 0 Å². The van der Waals surface area contributed by atoms with Crippen LogP contribution in [0.1, 0.15) is 23.2 Å². The van der Waals surface area contributed by atoms with Gasteiger partial charge >= 0.3 is 5.97 Å². The molecular formula is C17H16FN5O2. The molecule has 2 aromatic heterocycles. The largest absolute Gasteiger partial charge is 0.460 e. The first-order chi connectivity index (χ1) is 12.2. The topological polar surface area (TPSA) is 72.6 Å². The van der Waals surface area contributed by atoms with Crippen LogP contribution in [0.4, 0.5) is 10.2 Å². The first-order valence-corrected chi connectivity index (χ1v) is 8.06. The Kier molecular flexibility index (Phi) is 4.01. The van der Waals surface area contributed by atoms with Gasteiger partial charge in [-0.05, 0) is 43.2 Å². The van der Waals surface area contributed by atoms with Crippen LogP contribution < -0.4 is 4.90 Å². The summed E-state index contributed by atoms with van der Waals surface area (Å²) in [4.78, 5) is 22.5. The highest BCUT2D eigenvalue weighted by Gasteiger charge is 2.28. The van der Waals surface area contributed by atoms with Crippen LogP contribution in [-0.2, 0) is 4.74 Å². The number of hydrogen-bond acceptors (Lipinski definition) is 6. The van der Waals surface area contributed by atoms with Crippen molar-refractivity contribution in [3.8, 4) is 0 Å². The number of aromatic nitrogens is 4. The molecule has 1 saturated heterocycles. The molecule has 7 nitrogen and oxygen atoms in total. The van der Waals surface area contributed by atoms with Crippen molar-refractivity contribution in [1.82, 2.24) is 19.6 Å². The number of fused-ring (bicyclic) bond motifs is 1. The summed E-state index contributed by atoms with van der Waals surface area (Å²) in [5.41, 5.74) is 0.341. The van der Waals surface area contributed by atoms with Gasteiger partial charge in [0, 0.05) is 12.7 Å². The van der Waals surface area contributed by atoms with E-state index in [0.29, 0.717) is 11.3 Å². The maximum atomic E-state index is 12.9. The number of esters is 1. The highest BCUT2D eigenvalue weighted by molar-refractivity contribution is 5.89. The second-order valence-electron chi connectivity index (χ2n) is 5.87. The minimum absolute atomic E-state index is 0.0548. The van der Waals surface area contributed by atoms with E-state index in [1.54, 1.807) is 10.7 Å². The van der Waals surface area contributed by atoms with Crippen molar-refractivity contribution >= 4 is 17.6 Å². The van der Waals surface area contributed by atoms with Gasteiger partial charge in [-0.1, -0.05) is 0 Å². The van der Waals surface area contributed by atoms with E-state index in [1.165, 1.54) is 30.6 Å². The number of carbonyl (C=O) groups is 1. The van der Waals surface area contributed by atoms with E-state index < -0.39 is 5.97 Å². The Morgan fingerprint density at radius 3 is 2.92 bits per heavy atom.